The normalized spacial score (nSPS) is 15.4. The van der Waals surface area contributed by atoms with Gasteiger partial charge in [0.05, 0.1) is 0 Å². The maximum Gasteiger partial charge on any atom is 0.251 e. The van der Waals surface area contributed by atoms with E-state index in [0.717, 1.165) is 25.7 Å². The Kier molecular flexibility index (Phi) is 6.63. The summed E-state index contributed by atoms with van der Waals surface area (Å²) < 4.78 is 0. The fourth-order valence-electron chi connectivity index (χ4n) is 3.16. The highest BCUT2D eigenvalue weighted by atomic mass is 16.2. The van der Waals surface area contributed by atoms with E-state index in [2.05, 4.69) is 10.6 Å². The molecule has 2 N–H and O–H groups in total. The van der Waals surface area contributed by atoms with Crippen LogP contribution in [0.15, 0.2) is 24.3 Å². The molecule has 0 saturated heterocycles. The van der Waals surface area contributed by atoms with E-state index < -0.39 is 0 Å². The van der Waals surface area contributed by atoms with Crippen molar-refractivity contribution in [2.45, 2.75) is 64.8 Å². The SMILES string of the molecule is CCC(CC)C(=O)Nc1cccc(C(=O)NC2CCCCC2)c1. The molecule has 0 aromatic heterocycles. The Bertz CT molecular complexity index is 532. The van der Waals surface area contributed by atoms with E-state index in [-0.39, 0.29) is 17.7 Å². The zero-order chi connectivity index (χ0) is 16.7. The second-order valence-electron chi connectivity index (χ2n) is 6.39. The Labute approximate surface area is 139 Å². The number of nitrogens with one attached hydrogen (secondary N) is 2. The number of hydrogen-bond acceptors (Lipinski definition) is 2. The quantitative estimate of drug-likeness (QED) is 0.829. The summed E-state index contributed by atoms with van der Waals surface area (Å²) in [6.45, 7) is 4.03. The first-order valence-corrected chi connectivity index (χ1v) is 8.85. The second-order valence-corrected chi connectivity index (χ2v) is 6.39. The van der Waals surface area contributed by atoms with Gasteiger partial charge in [0, 0.05) is 23.2 Å². The van der Waals surface area contributed by atoms with Crippen molar-refractivity contribution in [2.24, 2.45) is 5.92 Å². The summed E-state index contributed by atoms with van der Waals surface area (Å²) in [6, 6.07) is 7.50. The minimum absolute atomic E-state index is 0.0229. The van der Waals surface area contributed by atoms with Crippen molar-refractivity contribution in [3.8, 4) is 0 Å². The summed E-state index contributed by atoms with van der Waals surface area (Å²) in [4.78, 5) is 24.5. The maximum absolute atomic E-state index is 12.4. The molecule has 0 spiro atoms. The van der Waals surface area contributed by atoms with Gasteiger partial charge in [-0.25, -0.2) is 0 Å². The Balaban J connectivity index is 1.98. The highest BCUT2D eigenvalue weighted by Gasteiger charge is 2.18. The van der Waals surface area contributed by atoms with Crippen molar-refractivity contribution in [3.63, 3.8) is 0 Å². The molecule has 4 heteroatoms. The Morgan fingerprint density at radius 2 is 1.83 bits per heavy atom. The molecule has 2 amide bonds. The lowest BCUT2D eigenvalue weighted by atomic mass is 9.95. The van der Waals surface area contributed by atoms with Crippen molar-refractivity contribution in [1.29, 1.82) is 0 Å². The Morgan fingerprint density at radius 3 is 2.48 bits per heavy atom. The van der Waals surface area contributed by atoms with E-state index in [4.69, 9.17) is 0 Å². The molecule has 23 heavy (non-hydrogen) atoms. The number of benzene rings is 1. The summed E-state index contributed by atoms with van der Waals surface area (Å²) in [5.41, 5.74) is 1.30. The van der Waals surface area contributed by atoms with Gasteiger partial charge >= 0.3 is 0 Å². The molecule has 0 unspecified atom stereocenters. The zero-order valence-corrected chi connectivity index (χ0v) is 14.2. The van der Waals surface area contributed by atoms with Crippen molar-refractivity contribution >= 4 is 17.5 Å². The molecule has 0 aliphatic heterocycles. The van der Waals surface area contributed by atoms with E-state index in [1.165, 1.54) is 19.3 Å². The minimum Gasteiger partial charge on any atom is -0.349 e. The van der Waals surface area contributed by atoms with Crippen LogP contribution < -0.4 is 10.6 Å². The standard InChI is InChI=1S/C19H28N2O2/c1-3-14(4-2)18(22)21-17-12-8-9-15(13-17)19(23)20-16-10-6-5-7-11-16/h8-9,12-14,16H,3-7,10-11H2,1-2H3,(H,20,23)(H,21,22). The minimum atomic E-state index is -0.0458. The summed E-state index contributed by atoms with van der Waals surface area (Å²) in [5.74, 6) is 0.00471. The fourth-order valence-corrected chi connectivity index (χ4v) is 3.16. The predicted molar refractivity (Wildman–Crippen MR) is 93.5 cm³/mol. The fraction of sp³-hybridized carbons (Fsp3) is 0.579. The molecule has 126 valence electrons. The molecule has 1 aromatic rings. The Hall–Kier alpha value is -1.84. The van der Waals surface area contributed by atoms with Crippen molar-refractivity contribution in [3.05, 3.63) is 29.8 Å². The summed E-state index contributed by atoms with van der Waals surface area (Å²) in [5, 5.41) is 6.03. The highest BCUT2D eigenvalue weighted by Crippen LogP contribution is 2.19. The number of carbonyl (C=O) groups excluding carboxylic acids is 2. The zero-order valence-electron chi connectivity index (χ0n) is 14.2. The molecule has 0 heterocycles. The molecule has 0 radical (unpaired) electrons. The van der Waals surface area contributed by atoms with Gasteiger partial charge in [-0.3, -0.25) is 9.59 Å². The number of rotatable bonds is 6. The van der Waals surface area contributed by atoms with Crippen LogP contribution in [0.1, 0.15) is 69.2 Å². The van der Waals surface area contributed by atoms with Gasteiger partial charge in [0.2, 0.25) is 5.91 Å². The van der Waals surface area contributed by atoms with Crippen LogP contribution in [0.2, 0.25) is 0 Å². The molecular weight excluding hydrogens is 288 g/mol. The summed E-state index contributed by atoms with van der Waals surface area (Å²) >= 11 is 0. The van der Waals surface area contributed by atoms with Crippen LogP contribution in [0.4, 0.5) is 5.69 Å². The molecule has 1 fully saturated rings. The number of amides is 2. The first-order valence-electron chi connectivity index (χ1n) is 8.85. The van der Waals surface area contributed by atoms with Crippen molar-refractivity contribution in [1.82, 2.24) is 5.32 Å². The average molecular weight is 316 g/mol. The van der Waals surface area contributed by atoms with Crippen LogP contribution in [-0.2, 0) is 4.79 Å². The van der Waals surface area contributed by atoms with Gasteiger partial charge in [-0.1, -0.05) is 39.2 Å². The van der Waals surface area contributed by atoms with E-state index >= 15 is 0 Å². The number of carbonyl (C=O) groups is 2. The molecule has 1 aromatic carbocycles. The van der Waals surface area contributed by atoms with Crippen LogP contribution in [0, 0.1) is 5.92 Å². The topological polar surface area (TPSA) is 58.2 Å². The third-order valence-electron chi connectivity index (χ3n) is 4.69. The van der Waals surface area contributed by atoms with Crippen LogP contribution in [0.5, 0.6) is 0 Å². The van der Waals surface area contributed by atoms with E-state index in [9.17, 15) is 9.59 Å². The van der Waals surface area contributed by atoms with Crippen molar-refractivity contribution in [2.75, 3.05) is 5.32 Å². The number of anilines is 1. The van der Waals surface area contributed by atoms with Gasteiger partial charge in [0.1, 0.15) is 0 Å². The first-order chi connectivity index (χ1) is 11.1. The molecular formula is C19H28N2O2. The highest BCUT2D eigenvalue weighted by molar-refractivity contribution is 5.97. The van der Waals surface area contributed by atoms with Crippen LogP contribution in [0.3, 0.4) is 0 Å². The van der Waals surface area contributed by atoms with Crippen LogP contribution in [0.25, 0.3) is 0 Å². The number of hydrogen-bond donors (Lipinski definition) is 2. The van der Waals surface area contributed by atoms with E-state index in [0.29, 0.717) is 17.3 Å². The van der Waals surface area contributed by atoms with Gasteiger partial charge in [0.15, 0.2) is 0 Å². The van der Waals surface area contributed by atoms with Gasteiger partial charge in [-0.15, -0.1) is 0 Å². The van der Waals surface area contributed by atoms with Gasteiger partial charge in [-0.05, 0) is 43.9 Å². The van der Waals surface area contributed by atoms with E-state index in [1.54, 1.807) is 12.1 Å². The van der Waals surface area contributed by atoms with Gasteiger partial charge in [0.25, 0.3) is 5.91 Å². The second kappa shape index (κ2) is 8.70. The van der Waals surface area contributed by atoms with E-state index in [1.807, 2.05) is 26.0 Å². The van der Waals surface area contributed by atoms with Crippen LogP contribution in [-0.4, -0.2) is 17.9 Å². The van der Waals surface area contributed by atoms with Gasteiger partial charge < -0.3 is 10.6 Å². The first kappa shape index (κ1) is 17.5. The third-order valence-corrected chi connectivity index (χ3v) is 4.69. The lowest BCUT2D eigenvalue weighted by Crippen LogP contribution is -2.36. The third kappa shape index (κ3) is 5.08. The Morgan fingerprint density at radius 1 is 1.13 bits per heavy atom. The van der Waals surface area contributed by atoms with Crippen molar-refractivity contribution < 1.29 is 9.59 Å². The molecule has 1 aliphatic rings. The molecule has 2 rings (SSSR count). The predicted octanol–water partition coefficient (Wildman–Crippen LogP) is 4.12. The molecule has 1 aliphatic carbocycles. The molecule has 1 saturated carbocycles. The van der Waals surface area contributed by atoms with Gasteiger partial charge in [-0.2, -0.15) is 0 Å². The smallest absolute Gasteiger partial charge is 0.251 e. The monoisotopic (exact) mass is 316 g/mol. The molecule has 0 bridgehead atoms. The summed E-state index contributed by atoms with van der Waals surface area (Å²) in [7, 11) is 0. The average Bonchev–Trinajstić information content (AvgIpc) is 2.57. The summed E-state index contributed by atoms with van der Waals surface area (Å²) in [6.07, 6.45) is 7.43. The maximum atomic E-state index is 12.4. The molecule has 4 nitrogen and oxygen atoms in total. The lowest BCUT2D eigenvalue weighted by molar-refractivity contribution is -0.120. The largest absolute Gasteiger partial charge is 0.349 e. The van der Waals surface area contributed by atoms with Crippen LogP contribution >= 0.6 is 0 Å². The lowest BCUT2D eigenvalue weighted by Gasteiger charge is -2.22. The molecule has 0 atom stereocenters.